The topological polar surface area (TPSA) is 36.9 Å². The van der Waals surface area contributed by atoms with Gasteiger partial charge in [-0.3, -0.25) is 4.99 Å². The van der Waals surface area contributed by atoms with E-state index in [1.54, 1.807) is 6.07 Å². The van der Waals surface area contributed by atoms with E-state index in [-0.39, 0.29) is 29.8 Å². The van der Waals surface area contributed by atoms with E-state index >= 15 is 0 Å². The summed E-state index contributed by atoms with van der Waals surface area (Å²) < 4.78 is 19.2. The molecule has 2 saturated heterocycles. The molecule has 2 heterocycles. The number of hydrogen-bond donors (Lipinski definition) is 1. The molecule has 2 fully saturated rings. The SMILES string of the molecule is CCNC(=NCCSc1ccccc1F)N1CCC2(CCOC2)C1.I. The van der Waals surface area contributed by atoms with E-state index in [9.17, 15) is 4.39 Å². The van der Waals surface area contributed by atoms with Crippen LogP contribution in [0, 0.1) is 11.2 Å². The molecule has 4 nitrogen and oxygen atoms in total. The molecule has 1 N–H and O–H groups in total. The number of ether oxygens (including phenoxy) is 1. The van der Waals surface area contributed by atoms with E-state index in [0.717, 1.165) is 51.0 Å². The quantitative estimate of drug-likeness (QED) is 0.230. The molecule has 1 atom stereocenters. The third kappa shape index (κ3) is 5.47. The summed E-state index contributed by atoms with van der Waals surface area (Å²) in [6.07, 6.45) is 2.34. The lowest BCUT2D eigenvalue weighted by Crippen LogP contribution is -2.41. The van der Waals surface area contributed by atoms with Gasteiger partial charge in [0.25, 0.3) is 0 Å². The van der Waals surface area contributed by atoms with Crippen LogP contribution in [0.1, 0.15) is 19.8 Å². The molecular formula is C18H27FIN3OS. The first kappa shape index (κ1) is 20.8. The molecule has 0 radical (unpaired) electrons. The van der Waals surface area contributed by atoms with Crippen molar-refractivity contribution in [1.29, 1.82) is 0 Å². The Morgan fingerprint density at radius 2 is 2.24 bits per heavy atom. The number of thioether (sulfide) groups is 1. The van der Waals surface area contributed by atoms with Crippen molar-refractivity contribution in [3.8, 4) is 0 Å². The van der Waals surface area contributed by atoms with Crippen molar-refractivity contribution in [3.05, 3.63) is 30.1 Å². The van der Waals surface area contributed by atoms with Crippen LogP contribution < -0.4 is 5.32 Å². The van der Waals surface area contributed by atoms with Gasteiger partial charge >= 0.3 is 0 Å². The summed E-state index contributed by atoms with van der Waals surface area (Å²) in [5.74, 6) is 1.61. The van der Waals surface area contributed by atoms with Crippen molar-refractivity contribution >= 4 is 41.7 Å². The molecule has 2 aliphatic heterocycles. The van der Waals surface area contributed by atoms with Crippen molar-refractivity contribution in [2.45, 2.75) is 24.7 Å². The van der Waals surface area contributed by atoms with Crippen molar-refractivity contribution in [2.75, 3.05) is 45.1 Å². The van der Waals surface area contributed by atoms with Gasteiger partial charge in [0.2, 0.25) is 0 Å². The van der Waals surface area contributed by atoms with Gasteiger partial charge < -0.3 is 15.0 Å². The first-order valence-electron chi connectivity index (χ1n) is 8.71. The molecular weight excluding hydrogens is 452 g/mol. The van der Waals surface area contributed by atoms with Crippen LogP contribution in [0.3, 0.4) is 0 Å². The molecule has 25 heavy (non-hydrogen) atoms. The Morgan fingerprint density at radius 3 is 2.96 bits per heavy atom. The molecule has 1 unspecified atom stereocenters. The molecule has 0 aliphatic carbocycles. The normalized spacial score (nSPS) is 23.1. The van der Waals surface area contributed by atoms with Crippen molar-refractivity contribution in [2.24, 2.45) is 10.4 Å². The number of nitrogens with zero attached hydrogens (tertiary/aromatic N) is 2. The van der Waals surface area contributed by atoms with Crippen LogP contribution in [-0.4, -0.2) is 56.0 Å². The van der Waals surface area contributed by atoms with Crippen molar-refractivity contribution in [3.63, 3.8) is 0 Å². The van der Waals surface area contributed by atoms with Crippen LogP contribution in [0.25, 0.3) is 0 Å². The average Bonchev–Trinajstić information content (AvgIpc) is 3.22. The van der Waals surface area contributed by atoms with Crippen LogP contribution in [0.2, 0.25) is 0 Å². The highest BCUT2D eigenvalue weighted by Gasteiger charge is 2.42. The lowest BCUT2D eigenvalue weighted by Gasteiger charge is -2.24. The second-order valence-corrected chi connectivity index (χ2v) is 7.63. The average molecular weight is 479 g/mol. The van der Waals surface area contributed by atoms with Crippen LogP contribution in [0.4, 0.5) is 4.39 Å². The lowest BCUT2D eigenvalue weighted by atomic mass is 9.87. The van der Waals surface area contributed by atoms with Crippen LogP contribution >= 0.6 is 35.7 Å². The fourth-order valence-corrected chi connectivity index (χ4v) is 4.17. The third-order valence-corrected chi connectivity index (χ3v) is 5.73. The molecule has 1 spiro atoms. The Hall–Kier alpha value is -0.540. The van der Waals surface area contributed by atoms with E-state index in [2.05, 4.69) is 17.1 Å². The number of likely N-dealkylation sites (tertiary alicyclic amines) is 1. The standard InChI is InChI=1S/C18H26FN3OS.HI/c1-2-20-17(22-10-7-18(13-22)8-11-23-14-18)21-9-12-24-16-6-4-3-5-15(16)19;/h3-6H,2,7-14H2,1H3,(H,20,21);1H. The van der Waals surface area contributed by atoms with Gasteiger partial charge in [-0.2, -0.15) is 0 Å². The van der Waals surface area contributed by atoms with Gasteiger partial charge in [-0.25, -0.2) is 4.39 Å². The van der Waals surface area contributed by atoms with Gasteiger partial charge in [-0.05, 0) is 31.9 Å². The van der Waals surface area contributed by atoms with Gasteiger partial charge in [0, 0.05) is 42.3 Å². The minimum Gasteiger partial charge on any atom is -0.381 e. The summed E-state index contributed by atoms with van der Waals surface area (Å²) in [6, 6.07) is 6.91. The summed E-state index contributed by atoms with van der Waals surface area (Å²) in [5.41, 5.74) is 0.331. The minimum atomic E-state index is -0.152. The number of halogens is 2. The second kappa shape index (κ2) is 9.97. The summed E-state index contributed by atoms with van der Waals surface area (Å²) in [7, 11) is 0. The van der Waals surface area contributed by atoms with E-state index in [1.165, 1.54) is 24.2 Å². The molecule has 0 bridgehead atoms. The van der Waals surface area contributed by atoms with E-state index in [0.29, 0.717) is 16.9 Å². The Bertz CT molecular complexity index is 581. The molecule has 3 rings (SSSR count). The maximum atomic E-state index is 13.6. The monoisotopic (exact) mass is 479 g/mol. The zero-order chi connectivity index (χ0) is 16.8. The second-order valence-electron chi connectivity index (χ2n) is 6.49. The fraction of sp³-hybridized carbons (Fsp3) is 0.611. The molecule has 140 valence electrons. The number of aliphatic imine (C=N–C) groups is 1. The first-order valence-corrected chi connectivity index (χ1v) is 9.69. The van der Waals surface area contributed by atoms with Gasteiger partial charge in [0.05, 0.1) is 13.2 Å². The number of guanidine groups is 1. The molecule has 1 aromatic rings. The predicted octanol–water partition coefficient (Wildman–Crippen LogP) is 3.61. The number of hydrogen-bond acceptors (Lipinski definition) is 3. The Morgan fingerprint density at radius 1 is 1.40 bits per heavy atom. The largest absolute Gasteiger partial charge is 0.381 e. The van der Waals surface area contributed by atoms with Crippen molar-refractivity contribution in [1.82, 2.24) is 10.2 Å². The van der Waals surface area contributed by atoms with E-state index < -0.39 is 0 Å². The molecule has 7 heteroatoms. The first-order chi connectivity index (χ1) is 11.7. The summed E-state index contributed by atoms with van der Waals surface area (Å²) in [4.78, 5) is 7.79. The van der Waals surface area contributed by atoms with E-state index in [1.807, 2.05) is 12.1 Å². The highest BCUT2D eigenvalue weighted by Crippen LogP contribution is 2.38. The number of rotatable bonds is 5. The van der Waals surface area contributed by atoms with Crippen LogP contribution in [0.15, 0.2) is 34.2 Å². The Labute approximate surface area is 171 Å². The minimum absolute atomic E-state index is 0. The fourth-order valence-electron chi connectivity index (χ4n) is 3.38. The molecule has 0 saturated carbocycles. The van der Waals surface area contributed by atoms with E-state index in [4.69, 9.17) is 9.73 Å². The number of benzene rings is 1. The zero-order valence-electron chi connectivity index (χ0n) is 14.7. The molecule has 0 amide bonds. The summed E-state index contributed by atoms with van der Waals surface area (Å²) in [6.45, 7) is 7.47. The van der Waals surface area contributed by atoms with Gasteiger partial charge in [-0.1, -0.05) is 12.1 Å². The van der Waals surface area contributed by atoms with Gasteiger partial charge in [0.1, 0.15) is 5.82 Å². The summed E-state index contributed by atoms with van der Waals surface area (Å²) >= 11 is 1.52. The van der Waals surface area contributed by atoms with Crippen molar-refractivity contribution < 1.29 is 9.13 Å². The highest BCUT2D eigenvalue weighted by atomic mass is 127. The summed E-state index contributed by atoms with van der Waals surface area (Å²) in [5, 5.41) is 3.39. The zero-order valence-corrected chi connectivity index (χ0v) is 17.8. The lowest BCUT2D eigenvalue weighted by molar-refractivity contribution is 0.156. The van der Waals surface area contributed by atoms with Crippen LogP contribution in [0.5, 0.6) is 0 Å². The molecule has 2 aliphatic rings. The maximum Gasteiger partial charge on any atom is 0.193 e. The highest BCUT2D eigenvalue weighted by molar-refractivity contribution is 14.0. The van der Waals surface area contributed by atoms with Crippen LogP contribution in [-0.2, 0) is 4.74 Å². The maximum absolute atomic E-state index is 13.6. The smallest absolute Gasteiger partial charge is 0.193 e. The molecule has 0 aromatic heterocycles. The number of nitrogens with one attached hydrogen (secondary N) is 1. The third-order valence-electron chi connectivity index (χ3n) is 4.70. The predicted molar refractivity (Wildman–Crippen MR) is 113 cm³/mol. The molecule has 1 aromatic carbocycles. The van der Waals surface area contributed by atoms with Gasteiger partial charge in [0.15, 0.2) is 5.96 Å². The Balaban J connectivity index is 0.00000225. The Kier molecular flexibility index (Phi) is 8.28. The van der Waals surface area contributed by atoms with Gasteiger partial charge in [-0.15, -0.1) is 35.7 Å².